The quantitative estimate of drug-likeness (QED) is 0.834. The van der Waals surface area contributed by atoms with Crippen LogP contribution in [0.25, 0.3) is 0 Å². The molecule has 0 radical (unpaired) electrons. The second kappa shape index (κ2) is 4.47. The Labute approximate surface area is 133 Å². The Bertz CT molecular complexity index is 760. The van der Waals surface area contributed by atoms with Gasteiger partial charge in [0.15, 0.2) is 5.82 Å². The average Bonchev–Trinajstić information content (AvgIpc) is 2.76. The van der Waals surface area contributed by atoms with Crippen LogP contribution < -0.4 is 10.6 Å². The highest BCUT2D eigenvalue weighted by Crippen LogP contribution is 2.50. The van der Waals surface area contributed by atoms with Crippen LogP contribution in [0.15, 0.2) is 24.4 Å². The Morgan fingerprint density at radius 3 is 2.82 bits per heavy atom. The van der Waals surface area contributed by atoms with E-state index < -0.39 is 0 Å². The summed E-state index contributed by atoms with van der Waals surface area (Å²) < 4.78 is 0. The number of phenolic OH excluding ortho intramolecular Hbond substituents is 1. The second-order valence-electron chi connectivity index (χ2n) is 6.14. The van der Waals surface area contributed by atoms with E-state index in [4.69, 9.17) is 17.3 Å². The Morgan fingerprint density at radius 2 is 2.09 bits per heavy atom. The van der Waals surface area contributed by atoms with Crippen LogP contribution in [-0.2, 0) is 5.41 Å². The first-order chi connectivity index (χ1) is 10.5. The molecule has 0 bridgehead atoms. The van der Waals surface area contributed by atoms with Crippen LogP contribution in [0.3, 0.4) is 0 Å². The number of nitrogen functional groups attached to an aromatic ring is 1. The molecule has 1 aromatic carbocycles. The van der Waals surface area contributed by atoms with Crippen molar-refractivity contribution in [1.82, 2.24) is 14.9 Å². The van der Waals surface area contributed by atoms with Gasteiger partial charge >= 0.3 is 0 Å². The molecule has 3 heterocycles. The van der Waals surface area contributed by atoms with Gasteiger partial charge < -0.3 is 20.6 Å². The van der Waals surface area contributed by atoms with Gasteiger partial charge in [0.05, 0.1) is 11.9 Å². The first kappa shape index (κ1) is 13.6. The zero-order chi connectivity index (χ0) is 15.5. The topological polar surface area (TPSA) is 78.5 Å². The molecule has 1 fully saturated rings. The molecule has 22 heavy (non-hydrogen) atoms. The zero-order valence-corrected chi connectivity index (χ0v) is 12.9. The maximum absolute atomic E-state index is 9.87. The SMILES string of the molecule is CN1CC2(C1)CN(c1nc(N)ncc1Cl)c1cc(O)ccc12. The Hall–Kier alpha value is -2.05. The van der Waals surface area contributed by atoms with Gasteiger partial charge in [0.1, 0.15) is 10.8 Å². The van der Waals surface area contributed by atoms with Crippen molar-refractivity contribution < 1.29 is 5.11 Å². The molecule has 2 aliphatic heterocycles. The number of likely N-dealkylation sites (N-methyl/N-ethyl adjacent to an activating group) is 1. The van der Waals surface area contributed by atoms with Gasteiger partial charge in [0.25, 0.3) is 0 Å². The normalized spacial score (nSPS) is 19.3. The third-order valence-corrected chi connectivity index (χ3v) is 4.72. The molecule has 0 amide bonds. The minimum atomic E-state index is 0.0564. The summed E-state index contributed by atoms with van der Waals surface area (Å²) in [6.07, 6.45) is 1.51. The molecule has 2 aliphatic rings. The fraction of sp³-hybridized carbons (Fsp3) is 0.333. The minimum absolute atomic E-state index is 0.0564. The molecule has 6 nitrogen and oxygen atoms in total. The summed E-state index contributed by atoms with van der Waals surface area (Å²) >= 11 is 6.27. The monoisotopic (exact) mass is 317 g/mol. The van der Waals surface area contributed by atoms with Gasteiger partial charge in [-0.3, -0.25) is 0 Å². The lowest BCUT2D eigenvalue weighted by atomic mass is 9.75. The van der Waals surface area contributed by atoms with Gasteiger partial charge in [0, 0.05) is 31.1 Å². The van der Waals surface area contributed by atoms with Crippen LogP contribution in [0.1, 0.15) is 5.56 Å². The highest BCUT2D eigenvalue weighted by atomic mass is 35.5. The summed E-state index contributed by atoms with van der Waals surface area (Å²) in [6.45, 7) is 2.71. The fourth-order valence-corrected chi connectivity index (χ4v) is 3.86. The lowest BCUT2D eigenvalue weighted by molar-refractivity contribution is 0.107. The van der Waals surface area contributed by atoms with E-state index in [1.165, 1.54) is 11.8 Å². The van der Waals surface area contributed by atoms with Crippen molar-refractivity contribution in [2.45, 2.75) is 5.41 Å². The second-order valence-corrected chi connectivity index (χ2v) is 6.55. The van der Waals surface area contributed by atoms with E-state index in [-0.39, 0.29) is 17.1 Å². The molecule has 0 saturated carbocycles. The van der Waals surface area contributed by atoms with E-state index in [2.05, 4.69) is 21.9 Å². The summed E-state index contributed by atoms with van der Waals surface area (Å²) in [4.78, 5) is 12.5. The Kier molecular flexibility index (Phi) is 2.76. The molecule has 1 spiro atoms. The standard InChI is InChI=1S/C15H16ClN5O/c1-20-6-15(7-20)8-21(12-4-9(22)2-3-10(12)15)13-11(16)5-18-14(17)19-13/h2-5,22H,6-8H2,1H3,(H2,17,18,19). The number of hydrogen-bond acceptors (Lipinski definition) is 6. The van der Waals surface area contributed by atoms with Crippen molar-refractivity contribution in [2.24, 2.45) is 0 Å². The highest BCUT2D eigenvalue weighted by Gasteiger charge is 2.50. The zero-order valence-electron chi connectivity index (χ0n) is 12.1. The van der Waals surface area contributed by atoms with Crippen molar-refractivity contribution in [1.29, 1.82) is 0 Å². The minimum Gasteiger partial charge on any atom is -0.508 e. The van der Waals surface area contributed by atoms with E-state index in [1.54, 1.807) is 12.1 Å². The van der Waals surface area contributed by atoms with Crippen LogP contribution in [0.4, 0.5) is 17.5 Å². The molecule has 0 atom stereocenters. The number of aromatic hydroxyl groups is 1. The van der Waals surface area contributed by atoms with Crippen LogP contribution in [-0.4, -0.2) is 46.7 Å². The van der Waals surface area contributed by atoms with Gasteiger partial charge in [-0.2, -0.15) is 4.98 Å². The molecule has 114 valence electrons. The summed E-state index contributed by atoms with van der Waals surface area (Å²) in [5, 5.41) is 10.3. The van der Waals surface area contributed by atoms with Crippen molar-refractivity contribution in [3.63, 3.8) is 0 Å². The number of likely N-dealkylation sites (tertiary alicyclic amines) is 1. The molecule has 0 aliphatic carbocycles. The lowest BCUT2D eigenvalue weighted by Crippen LogP contribution is -2.59. The van der Waals surface area contributed by atoms with E-state index in [0.29, 0.717) is 10.8 Å². The predicted octanol–water partition coefficient (Wildman–Crippen LogP) is 1.75. The lowest BCUT2D eigenvalue weighted by Gasteiger charge is -2.46. The van der Waals surface area contributed by atoms with E-state index in [1.807, 2.05) is 11.0 Å². The van der Waals surface area contributed by atoms with Gasteiger partial charge in [-0.05, 0) is 18.7 Å². The van der Waals surface area contributed by atoms with E-state index >= 15 is 0 Å². The molecule has 0 unspecified atom stereocenters. The van der Waals surface area contributed by atoms with Gasteiger partial charge in [-0.25, -0.2) is 4.98 Å². The smallest absolute Gasteiger partial charge is 0.222 e. The van der Waals surface area contributed by atoms with Crippen LogP contribution in [0.5, 0.6) is 5.75 Å². The molecule has 7 heteroatoms. The maximum atomic E-state index is 9.87. The number of rotatable bonds is 1. The fourth-order valence-electron chi connectivity index (χ4n) is 3.67. The highest BCUT2D eigenvalue weighted by molar-refractivity contribution is 6.33. The molecule has 1 aromatic heterocycles. The molecular weight excluding hydrogens is 302 g/mol. The number of anilines is 3. The van der Waals surface area contributed by atoms with Gasteiger partial charge in [-0.1, -0.05) is 17.7 Å². The van der Waals surface area contributed by atoms with Crippen LogP contribution >= 0.6 is 11.6 Å². The third kappa shape index (κ3) is 1.84. The van der Waals surface area contributed by atoms with Crippen LogP contribution in [0, 0.1) is 0 Å². The number of nitrogens with two attached hydrogens (primary N) is 1. The van der Waals surface area contributed by atoms with Gasteiger partial charge in [0.2, 0.25) is 5.95 Å². The van der Waals surface area contributed by atoms with Gasteiger partial charge in [-0.15, -0.1) is 0 Å². The molecule has 2 aromatic rings. The molecule has 4 rings (SSSR count). The van der Waals surface area contributed by atoms with Crippen molar-refractivity contribution in [3.8, 4) is 5.75 Å². The predicted molar refractivity (Wildman–Crippen MR) is 85.7 cm³/mol. The number of benzene rings is 1. The number of aromatic nitrogens is 2. The van der Waals surface area contributed by atoms with Crippen LogP contribution in [0.2, 0.25) is 5.02 Å². The first-order valence-electron chi connectivity index (χ1n) is 7.06. The Balaban J connectivity index is 1.86. The Morgan fingerprint density at radius 1 is 1.32 bits per heavy atom. The van der Waals surface area contributed by atoms with Crippen molar-refractivity contribution in [2.75, 3.05) is 37.3 Å². The number of phenols is 1. The summed E-state index contributed by atoms with van der Waals surface area (Å²) in [5.41, 5.74) is 7.93. The van der Waals surface area contributed by atoms with E-state index in [9.17, 15) is 5.11 Å². The summed E-state index contributed by atoms with van der Waals surface area (Å²) in [6, 6.07) is 5.49. The third-order valence-electron chi connectivity index (χ3n) is 4.45. The van der Waals surface area contributed by atoms with Crippen molar-refractivity contribution >= 4 is 29.1 Å². The average molecular weight is 318 g/mol. The first-order valence-corrected chi connectivity index (χ1v) is 7.44. The van der Waals surface area contributed by atoms with E-state index in [0.717, 1.165) is 25.3 Å². The number of halogens is 1. The summed E-state index contributed by atoms with van der Waals surface area (Å²) in [5.74, 6) is 1.01. The summed E-state index contributed by atoms with van der Waals surface area (Å²) in [7, 11) is 2.10. The largest absolute Gasteiger partial charge is 0.508 e. The number of fused-ring (bicyclic) bond motifs is 2. The maximum Gasteiger partial charge on any atom is 0.222 e. The number of nitrogens with zero attached hydrogens (tertiary/aromatic N) is 4. The number of hydrogen-bond donors (Lipinski definition) is 2. The molecular formula is C15H16ClN5O. The molecule has 1 saturated heterocycles. The molecule has 3 N–H and O–H groups in total. The van der Waals surface area contributed by atoms with Crippen molar-refractivity contribution in [3.05, 3.63) is 35.0 Å².